The largest absolute Gasteiger partial charge is 0.466 e. The number of nitro benzene ring substituents is 1. The Morgan fingerprint density at radius 2 is 2.28 bits per heavy atom. The number of nitrogens with zero attached hydrogens (tertiary/aromatic N) is 1. The van der Waals surface area contributed by atoms with E-state index in [0.29, 0.717) is 5.56 Å². The molecule has 1 aromatic rings. The normalized spacial score (nSPS) is 11.9. The first-order valence-electron chi connectivity index (χ1n) is 5.30. The minimum atomic E-state index is -0.726. The Hall–Kier alpha value is -1.66. The molecule has 0 radical (unpaired) electrons. The van der Waals surface area contributed by atoms with Crippen LogP contribution in [0, 0.1) is 10.1 Å². The summed E-state index contributed by atoms with van der Waals surface area (Å²) in [6, 6.07) is 3.21. The number of esters is 1. The Labute approximate surface area is 109 Å². The molecule has 0 aliphatic heterocycles. The maximum absolute atomic E-state index is 11.3. The summed E-state index contributed by atoms with van der Waals surface area (Å²) >= 11 is 5.90. The summed E-state index contributed by atoms with van der Waals surface area (Å²) in [6.07, 6.45) is -0.0747. The van der Waals surface area contributed by atoms with Crippen LogP contribution in [0.3, 0.4) is 0 Å². The molecular weight excluding hydrogens is 260 g/mol. The van der Waals surface area contributed by atoms with Gasteiger partial charge in [0.2, 0.25) is 0 Å². The molecule has 0 saturated carbocycles. The molecule has 6 nitrogen and oxygen atoms in total. The molecule has 0 bridgehead atoms. The second-order valence-electron chi connectivity index (χ2n) is 3.58. The molecule has 98 valence electrons. The standard InChI is InChI=1S/C11H13ClN2O4/c1-2-18-11(15)6-10(13)8-5-7(14(16)17)3-4-9(8)12/h3-5,10H,2,6,13H2,1H3/t10-/m0/s1. The maximum atomic E-state index is 11.3. The van der Waals surface area contributed by atoms with Crippen molar-refractivity contribution in [2.24, 2.45) is 5.73 Å². The van der Waals surface area contributed by atoms with Crippen molar-refractivity contribution in [3.05, 3.63) is 38.9 Å². The van der Waals surface area contributed by atoms with E-state index < -0.39 is 16.9 Å². The molecular formula is C11H13ClN2O4. The van der Waals surface area contributed by atoms with E-state index in [2.05, 4.69) is 0 Å². The van der Waals surface area contributed by atoms with E-state index in [-0.39, 0.29) is 23.7 Å². The average Bonchev–Trinajstić information content (AvgIpc) is 2.29. The first-order valence-corrected chi connectivity index (χ1v) is 5.68. The molecule has 0 aromatic heterocycles. The van der Waals surface area contributed by atoms with Crippen LogP contribution in [-0.4, -0.2) is 17.5 Å². The quantitative estimate of drug-likeness (QED) is 0.503. The lowest BCUT2D eigenvalue weighted by atomic mass is 10.0. The van der Waals surface area contributed by atoms with Crippen LogP contribution >= 0.6 is 11.6 Å². The van der Waals surface area contributed by atoms with Gasteiger partial charge < -0.3 is 10.5 Å². The van der Waals surface area contributed by atoms with E-state index in [9.17, 15) is 14.9 Å². The van der Waals surface area contributed by atoms with E-state index in [1.807, 2.05) is 0 Å². The van der Waals surface area contributed by atoms with Gasteiger partial charge in [-0.15, -0.1) is 0 Å². The molecule has 0 aliphatic carbocycles. The number of nitro groups is 1. The van der Waals surface area contributed by atoms with Crippen LogP contribution in [-0.2, 0) is 9.53 Å². The molecule has 18 heavy (non-hydrogen) atoms. The molecule has 0 saturated heterocycles. The van der Waals surface area contributed by atoms with Gasteiger partial charge in [-0.25, -0.2) is 0 Å². The fourth-order valence-corrected chi connectivity index (χ4v) is 1.70. The Kier molecular flexibility index (Phi) is 5.06. The first-order chi connectivity index (χ1) is 8.45. The van der Waals surface area contributed by atoms with Crippen LogP contribution in [0.25, 0.3) is 0 Å². The van der Waals surface area contributed by atoms with Gasteiger partial charge in [0.15, 0.2) is 0 Å². The summed E-state index contributed by atoms with van der Waals surface area (Å²) in [5, 5.41) is 10.9. The molecule has 1 atom stereocenters. The Balaban J connectivity index is 2.90. The Bertz CT molecular complexity index is 464. The smallest absolute Gasteiger partial charge is 0.307 e. The number of hydrogen-bond donors (Lipinski definition) is 1. The monoisotopic (exact) mass is 272 g/mol. The van der Waals surface area contributed by atoms with Crippen molar-refractivity contribution in [2.75, 3.05) is 6.61 Å². The molecule has 0 fully saturated rings. The molecule has 1 aromatic carbocycles. The number of hydrogen-bond acceptors (Lipinski definition) is 5. The highest BCUT2D eigenvalue weighted by atomic mass is 35.5. The van der Waals surface area contributed by atoms with Gasteiger partial charge in [0.05, 0.1) is 18.0 Å². The van der Waals surface area contributed by atoms with Gasteiger partial charge in [0, 0.05) is 23.2 Å². The lowest BCUT2D eigenvalue weighted by Gasteiger charge is -2.12. The van der Waals surface area contributed by atoms with Gasteiger partial charge in [-0.2, -0.15) is 0 Å². The van der Waals surface area contributed by atoms with E-state index >= 15 is 0 Å². The summed E-state index contributed by atoms with van der Waals surface area (Å²) in [5.41, 5.74) is 6.03. The van der Waals surface area contributed by atoms with Crippen LogP contribution in [0.15, 0.2) is 18.2 Å². The number of carbonyl (C=O) groups excluding carboxylic acids is 1. The summed E-state index contributed by atoms with van der Waals surface area (Å²) in [6.45, 7) is 1.94. The second-order valence-corrected chi connectivity index (χ2v) is 3.99. The van der Waals surface area contributed by atoms with Crippen molar-refractivity contribution in [3.8, 4) is 0 Å². The van der Waals surface area contributed by atoms with Crippen molar-refractivity contribution in [2.45, 2.75) is 19.4 Å². The molecule has 0 unspecified atom stereocenters. The minimum Gasteiger partial charge on any atom is -0.466 e. The number of rotatable bonds is 5. The van der Waals surface area contributed by atoms with Gasteiger partial charge in [-0.05, 0) is 18.6 Å². The third-order valence-electron chi connectivity index (χ3n) is 2.28. The first kappa shape index (κ1) is 14.4. The zero-order chi connectivity index (χ0) is 13.7. The highest BCUT2D eigenvalue weighted by Crippen LogP contribution is 2.27. The number of carbonyl (C=O) groups is 1. The summed E-state index contributed by atoms with van der Waals surface area (Å²) in [7, 11) is 0. The van der Waals surface area contributed by atoms with E-state index in [1.165, 1.54) is 18.2 Å². The Morgan fingerprint density at radius 3 is 2.83 bits per heavy atom. The third kappa shape index (κ3) is 3.68. The van der Waals surface area contributed by atoms with Crippen molar-refractivity contribution in [1.82, 2.24) is 0 Å². The SMILES string of the molecule is CCOC(=O)C[C@H](N)c1cc([N+](=O)[O-])ccc1Cl. The minimum absolute atomic E-state index is 0.0747. The highest BCUT2D eigenvalue weighted by Gasteiger charge is 2.18. The van der Waals surface area contributed by atoms with Crippen LogP contribution in [0.5, 0.6) is 0 Å². The van der Waals surface area contributed by atoms with Gasteiger partial charge in [0.1, 0.15) is 0 Å². The molecule has 0 aliphatic rings. The van der Waals surface area contributed by atoms with Gasteiger partial charge >= 0.3 is 5.97 Å². The number of halogens is 1. The number of non-ortho nitro benzene ring substituents is 1. The second kappa shape index (κ2) is 6.32. The molecule has 0 amide bonds. The summed E-state index contributed by atoms with van der Waals surface area (Å²) in [5.74, 6) is -0.465. The van der Waals surface area contributed by atoms with Crippen molar-refractivity contribution in [3.63, 3.8) is 0 Å². The highest BCUT2D eigenvalue weighted by molar-refractivity contribution is 6.31. The van der Waals surface area contributed by atoms with E-state index in [4.69, 9.17) is 22.1 Å². The molecule has 0 spiro atoms. The van der Waals surface area contributed by atoms with E-state index in [0.717, 1.165) is 0 Å². The molecule has 2 N–H and O–H groups in total. The van der Waals surface area contributed by atoms with Gasteiger partial charge in [-0.1, -0.05) is 11.6 Å². The number of nitrogens with two attached hydrogens (primary N) is 1. The van der Waals surface area contributed by atoms with Gasteiger partial charge in [-0.3, -0.25) is 14.9 Å². The van der Waals surface area contributed by atoms with Crippen molar-refractivity contribution < 1.29 is 14.5 Å². The maximum Gasteiger partial charge on any atom is 0.307 e. The topological polar surface area (TPSA) is 95.5 Å². The number of benzene rings is 1. The van der Waals surface area contributed by atoms with Crippen LogP contribution in [0.1, 0.15) is 24.9 Å². The fourth-order valence-electron chi connectivity index (χ4n) is 1.44. The van der Waals surface area contributed by atoms with E-state index in [1.54, 1.807) is 6.92 Å². The number of ether oxygens (including phenoxy) is 1. The predicted molar refractivity (Wildman–Crippen MR) is 66.3 cm³/mol. The molecule has 0 heterocycles. The van der Waals surface area contributed by atoms with Crippen molar-refractivity contribution >= 4 is 23.3 Å². The third-order valence-corrected chi connectivity index (χ3v) is 2.63. The predicted octanol–water partition coefficient (Wildman–Crippen LogP) is 2.20. The van der Waals surface area contributed by atoms with Crippen LogP contribution in [0.2, 0.25) is 5.02 Å². The van der Waals surface area contributed by atoms with Crippen LogP contribution < -0.4 is 5.73 Å². The fraction of sp³-hybridized carbons (Fsp3) is 0.364. The van der Waals surface area contributed by atoms with Crippen molar-refractivity contribution in [1.29, 1.82) is 0 Å². The zero-order valence-corrected chi connectivity index (χ0v) is 10.5. The lowest BCUT2D eigenvalue weighted by molar-refractivity contribution is -0.384. The average molecular weight is 273 g/mol. The Morgan fingerprint density at radius 1 is 1.61 bits per heavy atom. The molecule has 1 rings (SSSR count). The zero-order valence-electron chi connectivity index (χ0n) is 9.76. The molecule has 7 heteroatoms. The lowest BCUT2D eigenvalue weighted by Crippen LogP contribution is -2.17. The van der Waals surface area contributed by atoms with Gasteiger partial charge in [0.25, 0.3) is 5.69 Å². The summed E-state index contributed by atoms with van der Waals surface area (Å²) in [4.78, 5) is 21.4. The summed E-state index contributed by atoms with van der Waals surface area (Å²) < 4.78 is 4.76. The van der Waals surface area contributed by atoms with Crippen LogP contribution in [0.4, 0.5) is 5.69 Å².